The lowest BCUT2D eigenvalue weighted by Crippen LogP contribution is -2.53. The minimum absolute atomic E-state index is 0.186. The zero-order valence-electron chi connectivity index (χ0n) is 14.3. The fourth-order valence-electron chi connectivity index (χ4n) is 3.24. The van der Waals surface area contributed by atoms with Gasteiger partial charge in [-0.2, -0.15) is 5.10 Å². The van der Waals surface area contributed by atoms with Crippen molar-refractivity contribution in [3.8, 4) is 0 Å². The summed E-state index contributed by atoms with van der Waals surface area (Å²) in [5.41, 5.74) is 1.99. The molecule has 0 fully saturated rings. The van der Waals surface area contributed by atoms with E-state index in [0.717, 1.165) is 41.7 Å². The van der Waals surface area contributed by atoms with Gasteiger partial charge in [0.15, 0.2) is 0 Å². The van der Waals surface area contributed by atoms with Crippen LogP contribution in [0.1, 0.15) is 51.9 Å². The third-order valence-electron chi connectivity index (χ3n) is 4.82. The number of aliphatic hydroxyl groups is 1. The Kier molecular flexibility index (Phi) is 6.88. The van der Waals surface area contributed by atoms with Crippen LogP contribution in [0.3, 0.4) is 0 Å². The average molecular weight is 360 g/mol. The summed E-state index contributed by atoms with van der Waals surface area (Å²) in [6.45, 7) is 9.32. The summed E-state index contributed by atoms with van der Waals surface area (Å²) >= 11 is 3.67. The zero-order valence-corrected chi connectivity index (χ0v) is 15.9. The molecule has 0 aliphatic carbocycles. The zero-order chi connectivity index (χ0) is 16.2. The van der Waals surface area contributed by atoms with Crippen LogP contribution < -0.4 is 0 Å². The number of aliphatic hydroxyl groups excluding tert-OH is 1. The van der Waals surface area contributed by atoms with E-state index in [4.69, 9.17) is 0 Å². The van der Waals surface area contributed by atoms with Crippen molar-refractivity contribution < 1.29 is 5.11 Å². The first-order valence-corrected chi connectivity index (χ1v) is 8.76. The molecule has 1 N–H and O–H groups in total. The number of rotatable bonds is 8. The molecule has 0 aliphatic heterocycles. The number of hydrogen-bond acceptors (Lipinski definition) is 3. The van der Waals surface area contributed by atoms with E-state index in [9.17, 15) is 5.11 Å². The van der Waals surface area contributed by atoms with Crippen LogP contribution in [-0.4, -0.2) is 45.5 Å². The number of aryl methyl sites for hydroxylation is 2. The average Bonchev–Trinajstić information content (AvgIpc) is 2.77. The van der Waals surface area contributed by atoms with Gasteiger partial charge >= 0.3 is 0 Å². The first-order valence-electron chi connectivity index (χ1n) is 7.97. The first kappa shape index (κ1) is 18.7. The molecule has 1 unspecified atom stereocenters. The molecule has 0 bridgehead atoms. The van der Waals surface area contributed by atoms with Crippen LogP contribution in [0.5, 0.6) is 0 Å². The Balaban J connectivity index is 3.12. The summed E-state index contributed by atoms with van der Waals surface area (Å²) < 4.78 is 3.07. The molecule has 1 aromatic heterocycles. The molecule has 0 aliphatic rings. The Bertz CT molecular complexity index is 453. The van der Waals surface area contributed by atoms with Gasteiger partial charge in [-0.25, -0.2) is 0 Å². The second kappa shape index (κ2) is 7.75. The standard InChI is InChI=1S/C16H30BrN3O/c1-7-12-15(17)13(20(10-4)18-12)11-14(21)16(8-2,9-3)19(5)6/h14,21H,7-11H2,1-6H3. The van der Waals surface area contributed by atoms with Gasteiger partial charge in [-0.1, -0.05) is 20.8 Å². The monoisotopic (exact) mass is 359 g/mol. The van der Waals surface area contributed by atoms with Gasteiger partial charge in [-0.05, 0) is 56.2 Å². The van der Waals surface area contributed by atoms with Crippen molar-refractivity contribution in [3.63, 3.8) is 0 Å². The Morgan fingerprint density at radius 1 is 1.24 bits per heavy atom. The summed E-state index contributed by atoms with van der Waals surface area (Å²) in [7, 11) is 4.11. The Morgan fingerprint density at radius 2 is 1.81 bits per heavy atom. The molecule has 0 spiro atoms. The maximum atomic E-state index is 10.9. The fourth-order valence-corrected chi connectivity index (χ4v) is 3.96. The molecule has 21 heavy (non-hydrogen) atoms. The second-order valence-corrected chi connectivity index (χ2v) is 6.59. The van der Waals surface area contributed by atoms with Gasteiger partial charge in [0.1, 0.15) is 0 Å². The molecule has 1 rings (SSSR count). The van der Waals surface area contributed by atoms with Crippen LogP contribution in [-0.2, 0) is 19.4 Å². The van der Waals surface area contributed by atoms with E-state index in [0.29, 0.717) is 6.42 Å². The highest BCUT2D eigenvalue weighted by Gasteiger charge is 2.37. The highest BCUT2D eigenvalue weighted by atomic mass is 79.9. The molecule has 0 amide bonds. The minimum Gasteiger partial charge on any atom is -0.391 e. The molecule has 0 aromatic carbocycles. The smallest absolute Gasteiger partial charge is 0.0779 e. The fraction of sp³-hybridized carbons (Fsp3) is 0.812. The lowest BCUT2D eigenvalue weighted by molar-refractivity contribution is -0.0136. The summed E-state index contributed by atoms with van der Waals surface area (Å²) in [5.74, 6) is 0. The molecule has 0 radical (unpaired) electrons. The van der Waals surface area contributed by atoms with Crippen molar-refractivity contribution in [1.82, 2.24) is 14.7 Å². The molecule has 1 heterocycles. The molecule has 1 atom stereocenters. The number of nitrogens with zero attached hydrogens (tertiary/aromatic N) is 3. The van der Waals surface area contributed by atoms with E-state index in [2.05, 4.69) is 67.7 Å². The highest BCUT2D eigenvalue weighted by Crippen LogP contribution is 2.31. The van der Waals surface area contributed by atoms with Gasteiger partial charge in [-0.3, -0.25) is 4.68 Å². The van der Waals surface area contributed by atoms with Crippen LogP contribution in [0.25, 0.3) is 0 Å². The van der Waals surface area contributed by atoms with Crippen LogP contribution in [0.2, 0.25) is 0 Å². The summed E-state index contributed by atoms with van der Waals surface area (Å²) in [6.07, 6.45) is 2.97. The number of halogens is 1. The molecule has 4 nitrogen and oxygen atoms in total. The van der Waals surface area contributed by atoms with Crippen molar-refractivity contribution in [2.75, 3.05) is 14.1 Å². The van der Waals surface area contributed by atoms with Gasteiger partial charge < -0.3 is 10.0 Å². The van der Waals surface area contributed by atoms with Gasteiger partial charge in [-0.15, -0.1) is 0 Å². The SMILES string of the molecule is CCc1nn(CC)c(CC(O)C(CC)(CC)N(C)C)c1Br. The van der Waals surface area contributed by atoms with Crippen molar-refractivity contribution in [3.05, 3.63) is 15.9 Å². The molecule has 0 saturated carbocycles. The van der Waals surface area contributed by atoms with Crippen molar-refractivity contribution in [1.29, 1.82) is 0 Å². The predicted molar refractivity (Wildman–Crippen MR) is 91.7 cm³/mol. The van der Waals surface area contributed by atoms with E-state index < -0.39 is 6.10 Å². The van der Waals surface area contributed by atoms with Crippen molar-refractivity contribution >= 4 is 15.9 Å². The summed E-state index contributed by atoms with van der Waals surface area (Å²) in [5, 5.41) is 15.5. The first-order chi connectivity index (χ1) is 9.87. The molecule has 5 heteroatoms. The minimum atomic E-state index is -0.412. The molecular weight excluding hydrogens is 330 g/mol. The third kappa shape index (κ3) is 3.51. The third-order valence-corrected chi connectivity index (χ3v) is 5.73. The van der Waals surface area contributed by atoms with Gasteiger partial charge in [0.05, 0.1) is 22.0 Å². The van der Waals surface area contributed by atoms with E-state index in [1.807, 2.05) is 4.68 Å². The quantitative estimate of drug-likeness (QED) is 0.774. The van der Waals surface area contributed by atoms with Gasteiger partial charge in [0.25, 0.3) is 0 Å². The van der Waals surface area contributed by atoms with Crippen LogP contribution >= 0.6 is 15.9 Å². The predicted octanol–water partition coefficient (Wildman–Crippen LogP) is 3.25. The lowest BCUT2D eigenvalue weighted by atomic mass is 9.83. The number of likely N-dealkylation sites (N-methyl/N-ethyl adjacent to an activating group) is 1. The largest absolute Gasteiger partial charge is 0.391 e. The Morgan fingerprint density at radius 3 is 2.19 bits per heavy atom. The van der Waals surface area contributed by atoms with Crippen LogP contribution in [0.15, 0.2) is 4.47 Å². The second-order valence-electron chi connectivity index (χ2n) is 5.80. The van der Waals surface area contributed by atoms with Crippen LogP contribution in [0, 0.1) is 0 Å². The summed E-state index contributed by atoms with van der Waals surface area (Å²) in [6, 6.07) is 0. The molecular formula is C16H30BrN3O. The normalized spacial score (nSPS) is 14.0. The number of hydrogen-bond donors (Lipinski definition) is 1. The van der Waals surface area contributed by atoms with Gasteiger partial charge in [0.2, 0.25) is 0 Å². The maximum absolute atomic E-state index is 10.9. The van der Waals surface area contributed by atoms with Crippen LogP contribution in [0.4, 0.5) is 0 Å². The van der Waals surface area contributed by atoms with Gasteiger partial charge in [0, 0.05) is 18.5 Å². The molecule has 0 saturated heterocycles. The van der Waals surface area contributed by atoms with E-state index in [1.165, 1.54) is 0 Å². The molecule has 122 valence electrons. The van der Waals surface area contributed by atoms with E-state index in [-0.39, 0.29) is 5.54 Å². The van der Waals surface area contributed by atoms with E-state index >= 15 is 0 Å². The maximum Gasteiger partial charge on any atom is 0.0779 e. The Hall–Kier alpha value is -0.390. The van der Waals surface area contributed by atoms with Crippen molar-refractivity contribution in [2.24, 2.45) is 0 Å². The highest BCUT2D eigenvalue weighted by molar-refractivity contribution is 9.10. The number of aromatic nitrogens is 2. The lowest BCUT2D eigenvalue weighted by Gasteiger charge is -2.42. The topological polar surface area (TPSA) is 41.3 Å². The summed E-state index contributed by atoms with van der Waals surface area (Å²) in [4.78, 5) is 2.17. The Labute approximate surface area is 137 Å². The molecule has 1 aromatic rings. The van der Waals surface area contributed by atoms with E-state index in [1.54, 1.807) is 0 Å². The van der Waals surface area contributed by atoms with Crippen molar-refractivity contribution in [2.45, 2.75) is 71.6 Å².